The Balaban J connectivity index is 2.35. The summed E-state index contributed by atoms with van der Waals surface area (Å²) in [5.41, 5.74) is -0.0441. The van der Waals surface area contributed by atoms with Gasteiger partial charge in [-0.2, -0.15) is 0 Å². The Kier molecular flexibility index (Phi) is 3.31. The molecule has 1 aromatic carbocycles. The number of aliphatic hydroxyl groups is 1. The van der Waals surface area contributed by atoms with Gasteiger partial charge in [0.1, 0.15) is 10.8 Å². The fourth-order valence-corrected chi connectivity index (χ4v) is 2.02. The molecule has 1 N–H and O–H groups in total. The first-order valence-corrected chi connectivity index (χ1v) is 5.47. The van der Waals surface area contributed by atoms with Crippen LogP contribution in [0.3, 0.4) is 0 Å². The van der Waals surface area contributed by atoms with Gasteiger partial charge in [-0.25, -0.2) is 8.78 Å². The lowest BCUT2D eigenvalue weighted by atomic mass is 10.1. The summed E-state index contributed by atoms with van der Waals surface area (Å²) in [6, 6.07) is 2.19. The minimum absolute atomic E-state index is 0.0441. The summed E-state index contributed by atoms with van der Waals surface area (Å²) in [6.07, 6.45) is 0.158. The van der Waals surface area contributed by atoms with Crippen molar-refractivity contribution < 1.29 is 18.7 Å². The average Bonchev–Trinajstić information content (AvgIpc) is 2.68. The molecule has 0 bridgehead atoms. The van der Waals surface area contributed by atoms with Gasteiger partial charge in [0, 0.05) is 25.5 Å². The van der Waals surface area contributed by atoms with E-state index in [1.807, 2.05) is 0 Å². The van der Waals surface area contributed by atoms with E-state index in [1.54, 1.807) is 0 Å². The van der Waals surface area contributed by atoms with Crippen LogP contribution in [0.15, 0.2) is 12.1 Å². The third kappa shape index (κ3) is 2.12. The number of amides is 1. The van der Waals surface area contributed by atoms with Crippen molar-refractivity contribution in [3.8, 4) is 0 Å². The zero-order valence-corrected chi connectivity index (χ0v) is 9.55. The summed E-state index contributed by atoms with van der Waals surface area (Å²) in [6.45, 7) is 0.0764. The van der Waals surface area contributed by atoms with Crippen molar-refractivity contribution in [1.82, 2.24) is 0 Å². The molecule has 92 valence electrons. The second kappa shape index (κ2) is 4.58. The number of rotatable bonds is 2. The van der Waals surface area contributed by atoms with Crippen molar-refractivity contribution in [2.75, 3.05) is 18.1 Å². The Hall–Kier alpha value is -1.20. The number of aliphatic hydroxyl groups excluding tert-OH is 1. The topological polar surface area (TPSA) is 40.5 Å². The van der Waals surface area contributed by atoms with E-state index >= 15 is 0 Å². The van der Waals surface area contributed by atoms with Crippen LogP contribution in [0.25, 0.3) is 0 Å². The maximum Gasteiger partial charge on any atom is 0.227 e. The minimum atomic E-state index is -0.946. The van der Waals surface area contributed by atoms with E-state index in [0.717, 1.165) is 6.07 Å². The summed E-state index contributed by atoms with van der Waals surface area (Å²) in [4.78, 5) is 12.8. The average molecular weight is 262 g/mol. The predicted molar refractivity (Wildman–Crippen MR) is 58.9 cm³/mol. The van der Waals surface area contributed by atoms with Crippen LogP contribution in [0.5, 0.6) is 0 Å². The van der Waals surface area contributed by atoms with Crippen LogP contribution in [0.4, 0.5) is 14.5 Å². The molecule has 1 amide bonds. The SMILES string of the molecule is O=C1CC(CO)CN1c1ccc(F)c(Cl)c1F. The molecule has 1 heterocycles. The van der Waals surface area contributed by atoms with Gasteiger partial charge < -0.3 is 10.0 Å². The smallest absolute Gasteiger partial charge is 0.227 e. The molecule has 6 heteroatoms. The number of carbonyl (C=O) groups excluding carboxylic acids is 1. The Bertz CT molecular complexity index is 467. The van der Waals surface area contributed by atoms with E-state index in [1.165, 1.54) is 11.0 Å². The molecule has 1 aliphatic heterocycles. The molecule has 0 spiro atoms. The van der Waals surface area contributed by atoms with Gasteiger partial charge >= 0.3 is 0 Å². The van der Waals surface area contributed by atoms with Gasteiger partial charge in [-0.3, -0.25) is 4.79 Å². The first-order chi connectivity index (χ1) is 8.04. The lowest BCUT2D eigenvalue weighted by molar-refractivity contribution is -0.117. The number of hydrogen-bond acceptors (Lipinski definition) is 2. The molecule has 2 rings (SSSR count). The van der Waals surface area contributed by atoms with E-state index in [-0.39, 0.29) is 37.1 Å². The van der Waals surface area contributed by atoms with E-state index < -0.39 is 16.7 Å². The molecule has 3 nitrogen and oxygen atoms in total. The van der Waals surface area contributed by atoms with Crippen LogP contribution in [-0.2, 0) is 4.79 Å². The van der Waals surface area contributed by atoms with Gasteiger partial charge in [-0.15, -0.1) is 0 Å². The molecule has 1 saturated heterocycles. The highest BCUT2D eigenvalue weighted by Crippen LogP contribution is 2.32. The number of halogens is 3. The van der Waals surface area contributed by atoms with Crippen molar-refractivity contribution in [2.45, 2.75) is 6.42 Å². The lowest BCUT2D eigenvalue weighted by Crippen LogP contribution is -2.26. The predicted octanol–water partition coefficient (Wildman–Crippen LogP) is 1.96. The van der Waals surface area contributed by atoms with Crippen LogP contribution >= 0.6 is 11.6 Å². The third-order valence-corrected chi connectivity index (χ3v) is 3.12. The van der Waals surface area contributed by atoms with Gasteiger partial charge in [0.05, 0.1) is 5.69 Å². The highest BCUT2D eigenvalue weighted by Gasteiger charge is 2.32. The van der Waals surface area contributed by atoms with Crippen molar-refractivity contribution in [3.63, 3.8) is 0 Å². The molecule has 1 unspecified atom stereocenters. The zero-order valence-electron chi connectivity index (χ0n) is 8.79. The van der Waals surface area contributed by atoms with Gasteiger partial charge in [0.15, 0.2) is 5.82 Å². The second-order valence-corrected chi connectivity index (χ2v) is 4.33. The molecule has 0 aromatic heterocycles. The first-order valence-electron chi connectivity index (χ1n) is 5.09. The van der Waals surface area contributed by atoms with E-state index in [9.17, 15) is 13.6 Å². The molecule has 0 radical (unpaired) electrons. The summed E-state index contributed by atoms with van der Waals surface area (Å²) in [5.74, 6) is -2.33. The Morgan fingerprint density at radius 3 is 2.76 bits per heavy atom. The molecule has 0 saturated carbocycles. The quantitative estimate of drug-likeness (QED) is 0.827. The largest absolute Gasteiger partial charge is 0.396 e. The van der Waals surface area contributed by atoms with Crippen molar-refractivity contribution >= 4 is 23.2 Å². The minimum Gasteiger partial charge on any atom is -0.396 e. The molecule has 17 heavy (non-hydrogen) atoms. The monoisotopic (exact) mass is 261 g/mol. The number of carbonyl (C=O) groups is 1. The first kappa shape index (κ1) is 12.3. The van der Waals surface area contributed by atoms with E-state index in [2.05, 4.69) is 0 Å². The third-order valence-electron chi connectivity index (χ3n) is 2.77. The Labute approximate surface area is 102 Å². The van der Waals surface area contributed by atoms with Crippen molar-refractivity contribution in [2.24, 2.45) is 5.92 Å². The summed E-state index contributed by atoms with van der Waals surface area (Å²) < 4.78 is 26.7. The van der Waals surface area contributed by atoms with E-state index in [4.69, 9.17) is 16.7 Å². The van der Waals surface area contributed by atoms with Gasteiger partial charge in [0.25, 0.3) is 0 Å². The van der Waals surface area contributed by atoms with Crippen LogP contribution in [0, 0.1) is 17.6 Å². The van der Waals surface area contributed by atoms with E-state index in [0.29, 0.717) is 0 Å². The highest BCUT2D eigenvalue weighted by atomic mass is 35.5. The molecular weight excluding hydrogens is 252 g/mol. The molecule has 1 fully saturated rings. The standard InChI is InChI=1S/C11H10ClF2NO2/c12-10-7(13)1-2-8(11(10)14)15-4-6(5-16)3-9(15)17/h1-2,6,16H,3-5H2. The Morgan fingerprint density at radius 1 is 1.47 bits per heavy atom. The molecule has 1 aliphatic rings. The second-order valence-electron chi connectivity index (χ2n) is 3.95. The number of anilines is 1. The Morgan fingerprint density at radius 2 is 2.18 bits per heavy atom. The van der Waals surface area contributed by atoms with Crippen LogP contribution in [-0.4, -0.2) is 24.2 Å². The fraction of sp³-hybridized carbons (Fsp3) is 0.364. The maximum absolute atomic E-state index is 13.7. The van der Waals surface area contributed by atoms with Gasteiger partial charge in [0.2, 0.25) is 5.91 Å². The lowest BCUT2D eigenvalue weighted by Gasteiger charge is -2.17. The normalized spacial score (nSPS) is 20.1. The molecule has 1 aromatic rings. The number of benzene rings is 1. The number of hydrogen-bond donors (Lipinski definition) is 1. The molecular formula is C11H10ClF2NO2. The van der Waals surface area contributed by atoms with Crippen LogP contribution in [0.2, 0.25) is 5.02 Å². The van der Waals surface area contributed by atoms with Crippen LogP contribution in [0.1, 0.15) is 6.42 Å². The highest BCUT2D eigenvalue weighted by molar-refractivity contribution is 6.31. The summed E-state index contributed by atoms with van der Waals surface area (Å²) in [7, 11) is 0. The molecule has 0 aliphatic carbocycles. The summed E-state index contributed by atoms with van der Waals surface area (Å²) >= 11 is 5.44. The fourth-order valence-electron chi connectivity index (χ4n) is 1.86. The number of nitrogens with zero attached hydrogens (tertiary/aromatic N) is 1. The van der Waals surface area contributed by atoms with Crippen LogP contribution < -0.4 is 4.90 Å². The van der Waals surface area contributed by atoms with Gasteiger partial charge in [-0.1, -0.05) is 11.6 Å². The van der Waals surface area contributed by atoms with Crippen molar-refractivity contribution in [1.29, 1.82) is 0 Å². The van der Waals surface area contributed by atoms with Gasteiger partial charge in [-0.05, 0) is 12.1 Å². The zero-order chi connectivity index (χ0) is 12.6. The van der Waals surface area contributed by atoms with Crippen molar-refractivity contribution in [3.05, 3.63) is 28.8 Å². The maximum atomic E-state index is 13.7. The summed E-state index contributed by atoms with van der Waals surface area (Å²) in [5, 5.41) is 8.34. The molecule has 1 atom stereocenters.